The first-order valence-electron chi connectivity index (χ1n) is 9.19. The number of nitrogens with one attached hydrogen (secondary N) is 1. The Labute approximate surface area is 168 Å². The van der Waals surface area contributed by atoms with Crippen LogP contribution in [0.2, 0.25) is 5.02 Å². The van der Waals surface area contributed by atoms with Crippen molar-refractivity contribution in [2.75, 3.05) is 18.4 Å². The second-order valence-electron chi connectivity index (χ2n) is 7.07. The van der Waals surface area contributed by atoms with Crippen LogP contribution in [-0.4, -0.2) is 28.8 Å². The monoisotopic (exact) mass is 402 g/mol. The zero-order valence-electron chi connectivity index (χ0n) is 15.4. The van der Waals surface area contributed by atoms with E-state index in [4.69, 9.17) is 17.3 Å². The molecule has 1 heterocycles. The van der Waals surface area contributed by atoms with E-state index in [9.17, 15) is 14.9 Å². The number of halogens is 1. The lowest BCUT2D eigenvalue weighted by Crippen LogP contribution is -2.40. The summed E-state index contributed by atoms with van der Waals surface area (Å²) in [5, 5.41) is 14.7. The number of benzene rings is 2. The smallest absolute Gasteiger partial charge is 0.292 e. The molecule has 1 amide bonds. The number of rotatable bonds is 7. The number of amides is 1. The molecule has 148 valence electrons. The van der Waals surface area contributed by atoms with Crippen LogP contribution in [0.1, 0.15) is 24.0 Å². The number of carbonyl (C=O) groups is 1. The van der Waals surface area contributed by atoms with E-state index in [1.807, 2.05) is 18.2 Å². The number of primary amides is 1. The molecule has 0 bridgehead atoms. The summed E-state index contributed by atoms with van der Waals surface area (Å²) < 4.78 is 0. The zero-order valence-corrected chi connectivity index (χ0v) is 16.2. The Balaban J connectivity index is 1.65. The van der Waals surface area contributed by atoms with E-state index in [0.29, 0.717) is 23.8 Å². The Morgan fingerprint density at radius 3 is 2.82 bits per heavy atom. The van der Waals surface area contributed by atoms with Gasteiger partial charge in [-0.3, -0.25) is 19.8 Å². The number of anilines is 1. The molecule has 1 atom stereocenters. The maximum atomic E-state index is 11.5. The highest BCUT2D eigenvalue weighted by Crippen LogP contribution is 2.28. The largest absolute Gasteiger partial charge is 0.375 e. The predicted octanol–water partition coefficient (Wildman–Crippen LogP) is 3.56. The number of likely N-dealkylation sites (tertiary alicyclic amines) is 1. The van der Waals surface area contributed by atoms with Crippen LogP contribution in [0.3, 0.4) is 0 Å². The van der Waals surface area contributed by atoms with Gasteiger partial charge in [0.2, 0.25) is 5.91 Å². The normalized spacial score (nSPS) is 17.2. The number of carbonyl (C=O) groups excluding carboxylic acids is 1. The first kappa shape index (κ1) is 20.1. The summed E-state index contributed by atoms with van der Waals surface area (Å²) in [6.07, 6.45) is 1.82. The fourth-order valence-corrected chi connectivity index (χ4v) is 3.71. The van der Waals surface area contributed by atoms with E-state index in [2.05, 4.69) is 16.3 Å². The quantitative estimate of drug-likeness (QED) is 0.544. The molecule has 3 rings (SSSR count). The van der Waals surface area contributed by atoms with Crippen molar-refractivity contribution in [2.45, 2.75) is 25.9 Å². The van der Waals surface area contributed by atoms with Crippen LogP contribution in [0.4, 0.5) is 11.4 Å². The third-order valence-corrected chi connectivity index (χ3v) is 5.18. The molecule has 0 spiro atoms. The maximum Gasteiger partial charge on any atom is 0.292 e. The molecule has 1 aliphatic heterocycles. The summed E-state index contributed by atoms with van der Waals surface area (Å²) in [5.74, 6) is -0.312. The number of hydrogen-bond acceptors (Lipinski definition) is 5. The Hall–Kier alpha value is -2.64. The molecule has 2 aromatic rings. The molecular weight excluding hydrogens is 380 g/mol. The van der Waals surface area contributed by atoms with Crippen molar-refractivity contribution < 1.29 is 9.72 Å². The average molecular weight is 403 g/mol. The number of nitro groups is 1. The van der Waals surface area contributed by atoms with Gasteiger partial charge >= 0.3 is 0 Å². The van der Waals surface area contributed by atoms with E-state index < -0.39 is 4.92 Å². The van der Waals surface area contributed by atoms with E-state index in [-0.39, 0.29) is 17.5 Å². The van der Waals surface area contributed by atoms with Crippen molar-refractivity contribution in [1.29, 1.82) is 0 Å². The molecule has 1 fully saturated rings. The molecule has 28 heavy (non-hydrogen) atoms. The second-order valence-corrected chi connectivity index (χ2v) is 7.51. The van der Waals surface area contributed by atoms with Crippen LogP contribution < -0.4 is 11.1 Å². The van der Waals surface area contributed by atoms with Gasteiger partial charge in [-0.25, -0.2) is 0 Å². The van der Waals surface area contributed by atoms with Crippen molar-refractivity contribution >= 4 is 28.9 Å². The molecule has 3 N–H and O–H groups in total. The summed E-state index contributed by atoms with van der Waals surface area (Å²) in [7, 11) is 0. The highest BCUT2D eigenvalue weighted by molar-refractivity contribution is 6.31. The van der Waals surface area contributed by atoms with Crippen molar-refractivity contribution in [3.63, 3.8) is 0 Å². The van der Waals surface area contributed by atoms with E-state index in [1.54, 1.807) is 6.07 Å². The van der Waals surface area contributed by atoms with E-state index in [0.717, 1.165) is 37.1 Å². The number of nitrogens with zero attached hydrogens (tertiary/aromatic N) is 2. The van der Waals surface area contributed by atoms with Gasteiger partial charge in [0.05, 0.1) is 10.8 Å². The molecule has 0 saturated carbocycles. The summed E-state index contributed by atoms with van der Waals surface area (Å²) in [4.78, 5) is 24.4. The van der Waals surface area contributed by atoms with Crippen molar-refractivity contribution in [2.24, 2.45) is 11.7 Å². The maximum absolute atomic E-state index is 11.5. The molecule has 2 aromatic carbocycles. The van der Waals surface area contributed by atoms with Gasteiger partial charge in [-0.1, -0.05) is 35.9 Å². The third kappa shape index (κ3) is 5.21. The zero-order chi connectivity index (χ0) is 20.1. The molecule has 0 aromatic heterocycles. The van der Waals surface area contributed by atoms with Gasteiger partial charge in [0.15, 0.2) is 0 Å². The van der Waals surface area contributed by atoms with Gasteiger partial charge < -0.3 is 11.1 Å². The van der Waals surface area contributed by atoms with Crippen LogP contribution in [0.15, 0.2) is 42.5 Å². The minimum Gasteiger partial charge on any atom is -0.375 e. The fraction of sp³-hybridized carbons (Fsp3) is 0.350. The molecule has 0 aliphatic carbocycles. The standard InChI is InChI=1S/C20H23ClN4O3/c21-17-6-7-19(25(27)28)18(10-17)23-11-14-3-1-4-15(9-14)12-24-8-2-5-16(13-24)20(22)26/h1,3-4,6-7,9-10,16,23H,2,5,8,11-13H2,(H2,22,26). The van der Waals surface area contributed by atoms with Crippen LogP contribution in [0.25, 0.3) is 0 Å². The van der Waals surface area contributed by atoms with Gasteiger partial charge in [-0.05, 0) is 42.6 Å². The second kappa shape index (κ2) is 9.03. The summed E-state index contributed by atoms with van der Waals surface area (Å²) in [6, 6.07) is 12.5. The Morgan fingerprint density at radius 2 is 2.07 bits per heavy atom. The molecule has 1 aliphatic rings. The minimum absolute atomic E-state index is 0.00800. The SMILES string of the molecule is NC(=O)C1CCCN(Cc2cccc(CNc3cc(Cl)ccc3[N+](=O)[O-])c2)C1. The van der Waals surface area contributed by atoms with Gasteiger partial charge in [-0.15, -0.1) is 0 Å². The van der Waals surface area contributed by atoms with Gasteiger partial charge in [-0.2, -0.15) is 0 Å². The van der Waals surface area contributed by atoms with Crippen LogP contribution in [0.5, 0.6) is 0 Å². The van der Waals surface area contributed by atoms with E-state index in [1.165, 1.54) is 12.1 Å². The lowest BCUT2D eigenvalue weighted by atomic mass is 9.97. The number of nitro benzene ring substituents is 1. The predicted molar refractivity (Wildman–Crippen MR) is 109 cm³/mol. The van der Waals surface area contributed by atoms with Gasteiger partial charge in [0, 0.05) is 30.7 Å². The first-order chi connectivity index (χ1) is 13.4. The molecule has 8 heteroatoms. The van der Waals surface area contributed by atoms with Gasteiger partial charge in [0.1, 0.15) is 5.69 Å². The van der Waals surface area contributed by atoms with Crippen molar-refractivity contribution in [3.8, 4) is 0 Å². The summed E-state index contributed by atoms with van der Waals surface area (Å²) >= 11 is 5.97. The number of nitrogens with two attached hydrogens (primary N) is 1. The Morgan fingerprint density at radius 1 is 1.29 bits per heavy atom. The topological polar surface area (TPSA) is 102 Å². The van der Waals surface area contributed by atoms with Crippen molar-refractivity contribution in [3.05, 3.63) is 68.7 Å². The third-order valence-electron chi connectivity index (χ3n) is 4.94. The first-order valence-corrected chi connectivity index (χ1v) is 9.57. The summed E-state index contributed by atoms with van der Waals surface area (Å²) in [6.45, 7) is 2.82. The van der Waals surface area contributed by atoms with Gasteiger partial charge in [0.25, 0.3) is 5.69 Å². The molecule has 1 unspecified atom stereocenters. The van der Waals surface area contributed by atoms with Crippen molar-refractivity contribution in [1.82, 2.24) is 4.90 Å². The molecule has 7 nitrogen and oxygen atoms in total. The molecular formula is C20H23ClN4O3. The van der Waals surface area contributed by atoms with E-state index >= 15 is 0 Å². The lowest BCUT2D eigenvalue weighted by molar-refractivity contribution is -0.384. The van der Waals surface area contributed by atoms with Crippen LogP contribution in [0, 0.1) is 16.0 Å². The fourth-order valence-electron chi connectivity index (χ4n) is 3.53. The minimum atomic E-state index is -0.430. The average Bonchev–Trinajstić information content (AvgIpc) is 2.66. The highest BCUT2D eigenvalue weighted by atomic mass is 35.5. The molecule has 1 saturated heterocycles. The highest BCUT2D eigenvalue weighted by Gasteiger charge is 2.23. The lowest BCUT2D eigenvalue weighted by Gasteiger charge is -2.31. The Bertz CT molecular complexity index is 874. The van der Waals surface area contributed by atoms with Crippen LogP contribution in [-0.2, 0) is 17.9 Å². The summed E-state index contributed by atoms with van der Waals surface area (Å²) in [5.41, 5.74) is 7.98. The Kier molecular flexibility index (Phi) is 6.49. The molecule has 0 radical (unpaired) electrons. The number of piperidine rings is 1. The van der Waals surface area contributed by atoms with Crippen LogP contribution >= 0.6 is 11.6 Å². The number of hydrogen-bond donors (Lipinski definition) is 2.